The van der Waals surface area contributed by atoms with Crippen LogP contribution in [0.4, 0.5) is 0 Å². The van der Waals surface area contributed by atoms with Crippen LogP contribution in [0.25, 0.3) is 0 Å². The van der Waals surface area contributed by atoms with E-state index >= 15 is 0 Å². The van der Waals surface area contributed by atoms with E-state index in [1.807, 2.05) is 6.92 Å². The summed E-state index contributed by atoms with van der Waals surface area (Å²) in [6, 6.07) is 0. The van der Waals surface area contributed by atoms with Crippen LogP contribution >= 0.6 is 0 Å². The third kappa shape index (κ3) is 2.26. The molecule has 0 aromatic rings. The molecule has 0 bridgehead atoms. The highest BCUT2D eigenvalue weighted by Gasteiger charge is 2.72. The zero-order valence-corrected chi connectivity index (χ0v) is 17.5. The van der Waals surface area contributed by atoms with Crippen molar-refractivity contribution in [2.45, 2.75) is 89.3 Å². The summed E-state index contributed by atoms with van der Waals surface area (Å²) in [4.78, 5) is 0. The van der Waals surface area contributed by atoms with Gasteiger partial charge in [-0.25, -0.2) is 0 Å². The van der Waals surface area contributed by atoms with Gasteiger partial charge in [-0.15, -0.1) is 0 Å². The lowest BCUT2D eigenvalue weighted by molar-refractivity contribution is -0.273. The Morgan fingerprint density at radius 2 is 1.71 bits per heavy atom. The van der Waals surface area contributed by atoms with Gasteiger partial charge in [-0.1, -0.05) is 25.5 Å². The van der Waals surface area contributed by atoms with Crippen molar-refractivity contribution in [1.82, 2.24) is 0 Å². The predicted molar refractivity (Wildman–Crippen MR) is 104 cm³/mol. The van der Waals surface area contributed by atoms with Gasteiger partial charge in [-0.05, 0) is 69.1 Å². The number of allylic oxidation sites excluding steroid dienone is 1. The number of hydrogen-bond donors (Lipinski definition) is 3. The van der Waals surface area contributed by atoms with E-state index in [1.54, 1.807) is 0 Å². The summed E-state index contributed by atoms with van der Waals surface area (Å²) in [5.74, 6) is -0.346. The molecule has 5 rings (SSSR count). The Labute approximate surface area is 168 Å². The molecule has 28 heavy (non-hydrogen) atoms. The maximum absolute atomic E-state index is 12.2. The first kappa shape index (κ1) is 19.5. The molecule has 3 saturated carbocycles. The van der Waals surface area contributed by atoms with Crippen molar-refractivity contribution in [1.29, 1.82) is 0 Å². The molecule has 0 radical (unpaired) electrons. The fourth-order valence-corrected chi connectivity index (χ4v) is 8.15. The largest absolute Gasteiger partial charge is 0.393 e. The van der Waals surface area contributed by atoms with Crippen LogP contribution in [0.3, 0.4) is 0 Å². The van der Waals surface area contributed by atoms with Crippen molar-refractivity contribution in [3.05, 3.63) is 11.6 Å². The van der Waals surface area contributed by atoms with E-state index in [0.717, 1.165) is 32.1 Å². The summed E-state index contributed by atoms with van der Waals surface area (Å²) < 4.78 is 12.0. The molecule has 8 atom stereocenters. The number of ether oxygens (including phenoxy) is 2. The monoisotopic (exact) mass is 392 g/mol. The Morgan fingerprint density at radius 3 is 2.43 bits per heavy atom. The molecule has 3 N–H and O–H groups in total. The summed E-state index contributed by atoms with van der Waals surface area (Å²) in [5, 5.41) is 33.9. The zero-order chi connectivity index (χ0) is 19.9. The first-order valence-electron chi connectivity index (χ1n) is 11.2. The number of aliphatic hydroxyl groups is 3. The van der Waals surface area contributed by atoms with E-state index in [2.05, 4.69) is 19.9 Å². The quantitative estimate of drug-likeness (QED) is 0.598. The molecule has 0 aromatic carbocycles. The Morgan fingerprint density at radius 1 is 1.00 bits per heavy atom. The van der Waals surface area contributed by atoms with Gasteiger partial charge in [0.2, 0.25) is 0 Å². The molecule has 5 nitrogen and oxygen atoms in total. The van der Waals surface area contributed by atoms with E-state index < -0.39 is 22.9 Å². The normalized spacial score (nSPS) is 55.2. The highest BCUT2D eigenvalue weighted by molar-refractivity contribution is 5.29. The molecule has 4 aliphatic carbocycles. The number of hydrogen-bond acceptors (Lipinski definition) is 5. The molecule has 1 heterocycles. The van der Waals surface area contributed by atoms with Crippen LogP contribution in [0, 0.1) is 28.6 Å². The average Bonchev–Trinajstić information content (AvgIpc) is 3.20. The molecule has 0 amide bonds. The fraction of sp³-hybridized carbons (Fsp3) is 0.913. The van der Waals surface area contributed by atoms with Gasteiger partial charge in [0, 0.05) is 11.3 Å². The summed E-state index contributed by atoms with van der Waals surface area (Å²) in [7, 11) is 0. The second-order valence-corrected chi connectivity index (χ2v) is 10.8. The molecule has 1 saturated heterocycles. The molecule has 0 spiro atoms. The van der Waals surface area contributed by atoms with Gasteiger partial charge >= 0.3 is 0 Å². The van der Waals surface area contributed by atoms with Gasteiger partial charge in [0.15, 0.2) is 5.79 Å². The predicted octanol–water partition coefficient (Wildman–Crippen LogP) is 2.78. The highest BCUT2D eigenvalue weighted by Crippen LogP contribution is 2.69. The lowest BCUT2D eigenvalue weighted by atomic mass is 9.44. The van der Waals surface area contributed by atoms with Crippen molar-refractivity contribution in [3.63, 3.8) is 0 Å². The summed E-state index contributed by atoms with van der Waals surface area (Å²) in [5.41, 5.74) is -0.235. The van der Waals surface area contributed by atoms with E-state index in [9.17, 15) is 15.3 Å². The second kappa shape index (κ2) is 6.04. The smallest absolute Gasteiger partial charge is 0.169 e. The first-order chi connectivity index (χ1) is 13.2. The molecule has 0 aromatic heterocycles. The second-order valence-electron chi connectivity index (χ2n) is 10.8. The van der Waals surface area contributed by atoms with Gasteiger partial charge in [0.1, 0.15) is 0 Å². The molecule has 1 aliphatic heterocycles. The Hall–Kier alpha value is -0.460. The maximum atomic E-state index is 12.2. The molecule has 158 valence electrons. The lowest BCUT2D eigenvalue weighted by Crippen LogP contribution is -2.67. The molecule has 5 heteroatoms. The molecule has 5 aliphatic rings. The van der Waals surface area contributed by atoms with E-state index in [-0.39, 0.29) is 29.3 Å². The van der Waals surface area contributed by atoms with Crippen LogP contribution in [0.2, 0.25) is 0 Å². The first-order valence-corrected chi connectivity index (χ1v) is 11.2. The zero-order valence-electron chi connectivity index (χ0n) is 17.5. The average molecular weight is 393 g/mol. The van der Waals surface area contributed by atoms with E-state index in [4.69, 9.17) is 9.47 Å². The SMILES string of the molecule is CC1(C2CC[C@]3(O)C4CC=C5C[C@@H](O)CC[C@]5(C)C4C[C@@H](O)[C@]23C)OCCO1. The number of fused-ring (bicyclic) bond motifs is 5. The van der Waals surface area contributed by atoms with Gasteiger partial charge < -0.3 is 24.8 Å². The van der Waals surface area contributed by atoms with Crippen LogP contribution in [-0.2, 0) is 9.47 Å². The Bertz CT molecular complexity index is 684. The minimum Gasteiger partial charge on any atom is -0.393 e. The Balaban J connectivity index is 1.54. The third-order valence-electron chi connectivity index (χ3n) is 9.86. The van der Waals surface area contributed by atoms with Crippen LogP contribution in [0.5, 0.6) is 0 Å². The topological polar surface area (TPSA) is 79.2 Å². The van der Waals surface area contributed by atoms with E-state index in [1.165, 1.54) is 5.57 Å². The highest BCUT2D eigenvalue weighted by atomic mass is 16.7. The summed E-state index contributed by atoms with van der Waals surface area (Å²) >= 11 is 0. The van der Waals surface area contributed by atoms with Gasteiger partial charge in [-0.2, -0.15) is 0 Å². The molecular formula is C23H36O5. The van der Waals surface area contributed by atoms with Crippen molar-refractivity contribution in [2.24, 2.45) is 28.6 Å². The van der Waals surface area contributed by atoms with Crippen molar-refractivity contribution in [3.8, 4) is 0 Å². The molecule has 4 fully saturated rings. The van der Waals surface area contributed by atoms with Crippen molar-refractivity contribution in [2.75, 3.05) is 13.2 Å². The fourth-order valence-electron chi connectivity index (χ4n) is 8.15. The summed E-state index contributed by atoms with van der Waals surface area (Å²) in [6.45, 7) is 7.53. The standard InChI is InChI=1S/C23H36O5/c1-20-8-6-15(24)12-14(20)4-5-16-17(20)13-19(25)21(2)18(7-9-23(16,21)26)22(3)27-10-11-28-22/h4,15-19,24-26H,5-13H2,1-3H3/t15-,16?,17?,18?,19+,20-,21-,23-/m0/s1. The minimum atomic E-state index is -0.917. The van der Waals surface area contributed by atoms with Crippen molar-refractivity contribution < 1.29 is 24.8 Å². The number of aliphatic hydroxyl groups excluding tert-OH is 2. The van der Waals surface area contributed by atoms with Gasteiger partial charge in [0.25, 0.3) is 0 Å². The van der Waals surface area contributed by atoms with Gasteiger partial charge in [0.05, 0.1) is 31.0 Å². The number of rotatable bonds is 1. The minimum absolute atomic E-state index is 0.0187. The maximum Gasteiger partial charge on any atom is 0.169 e. The third-order valence-corrected chi connectivity index (χ3v) is 9.86. The van der Waals surface area contributed by atoms with Crippen molar-refractivity contribution >= 4 is 0 Å². The lowest BCUT2D eigenvalue weighted by Gasteiger charge is -2.63. The van der Waals surface area contributed by atoms with Crippen LogP contribution in [0.15, 0.2) is 11.6 Å². The molecule has 3 unspecified atom stereocenters. The Kier molecular flexibility index (Phi) is 4.21. The summed E-state index contributed by atoms with van der Waals surface area (Å²) in [6.07, 6.45) is 7.02. The van der Waals surface area contributed by atoms with Crippen LogP contribution in [0.1, 0.15) is 65.7 Å². The van der Waals surface area contributed by atoms with Crippen LogP contribution in [-0.4, -0.2) is 52.1 Å². The van der Waals surface area contributed by atoms with E-state index in [0.29, 0.717) is 26.1 Å². The van der Waals surface area contributed by atoms with Crippen LogP contribution < -0.4 is 0 Å². The molecular weight excluding hydrogens is 356 g/mol. The van der Waals surface area contributed by atoms with Gasteiger partial charge in [-0.3, -0.25) is 0 Å².